The molecule has 0 unspecified atom stereocenters. The molecule has 0 radical (unpaired) electrons. The summed E-state index contributed by atoms with van der Waals surface area (Å²) < 4.78 is 38.5. The standard InChI is InChI=1S/C18H20F2N2O3/c1-10-15(24-4)6-11(7-16(10)25-5)18(23)21-12-8-13(19)17(22(2)3)14(20)9-12/h6-9H,1-5H3,(H,21,23). The second-order valence-electron chi connectivity index (χ2n) is 5.64. The number of methoxy groups -OCH3 is 2. The zero-order valence-electron chi connectivity index (χ0n) is 14.7. The summed E-state index contributed by atoms with van der Waals surface area (Å²) in [5.74, 6) is -1.11. The fraction of sp³-hybridized carbons (Fsp3) is 0.278. The topological polar surface area (TPSA) is 50.8 Å². The first-order chi connectivity index (χ1) is 11.8. The molecular formula is C18H20F2N2O3. The molecule has 0 saturated carbocycles. The normalized spacial score (nSPS) is 10.4. The van der Waals surface area contributed by atoms with Crippen LogP contribution in [-0.4, -0.2) is 34.2 Å². The highest BCUT2D eigenvalue weighted by atomic mass is 19.1. The molecule has 0 aromatic heterocycles. The lowest BCUT2D eigenvalue weighted by molar-refractivity contribution is 0.102. The molecule has 7 heteroatoms. The Bertz CT molecular complexity index is 759. The maximum Gasteiger partial charge on any atom is 0.255 e. The van der Waals surface area contributed by atoms with Crippen molar-refractivity contribution < 1.29 is 23.0 Å². The van der Waals surface area contributed by atoms with E-state index in [1.54, 1.807) is 6.92 Å². The van der Waals surface area contributed by atoms with Crippen molar-refractivity contribution in [3.8, 4) is 11.5 Å². The van der Waals surface area contributed by atoms with Gasteiger partial charge in [0.2, 0.25) is 0 Å². The quantitative estimate of drug-likeness (QED) is 0.895. The summed E-state index contributed by atoms with van der Waals surface area (Å²) in [6.45, 7) is 1.80. The molecule has 0 aliphatic carbocycles. The number of hydrogen-bond donors (Lipinski definition) is 1. The van der Waals surface area contributed by atoms with Crippen LogP contribution in [-0.2, 0) is 0 Å². The first-order valence-corrected chi connectivity index (χ1v) is 7.48. The van der Waals surface area contributed by atoms with Crippen LogP contribution in [0, 0.1) is 18.6 Å². The molecule has 0 spiro atoms. The van der Waals surface area contributed by atoms with Crippen molar-refractivity contribution in [3.63, 3.8) is 0 Å². The third-order valence-corrected chi connectivity index (χ3v) is 3.74. The number of carbonyl (C=O) groups is 1. The van der Waals surface area contributed by atoms with Gasteiger partial charge in [-0.25, -0.2) is 8.78 Å². The summed E-state index contributed by atoms with van der Waals surface area (Å²) in [6, 6.07) is 5.21. The number of halogens is 2. The number of rotatable bonds is 5. The van der Waals surface area contributed by atoms with Crippen LogP contribution >= 0.6 is 0 Å². The lowest BCUT2D eigenvalue weighted by Crippen LogP contribution is -2.16. The van der Waals surface area contributed by atoms with Gasteiger partial charge >= 0.3 is 0 Å². The molecule has 5 nitrogen and oxygen atoms in total. The highest BCUT2D eigenvalue weighted by molar-refractivity contribution is 6.05. The van der Waals surface area contributed by atoms with Crippen LogP contribution in [0.2, 0.25) is 0 Å². The Kier molecular flexibility index (Phi) is 5.46. The van der Waals surface area contributed by atoms with Crippen LogP contribution in [0.5, 0.6) is 11.5 Å². The van der Waals surface area contributed by atoms with Gasteiger partial charge in [0.05, 0.1) is 14.2 Å². The van der Waals surface area contributed by atoms with Crippen LogP contribution in [0.25, 0.3) is 0 Å². The molecule has 0 aliphatic rings. The summed E-state index contributed by atoms with van der Waals surface area (Å²) in [5.41, 5.74) is 0.839. The van der Waals surface area contributed by atoms with Crippen LogP contribution in [0.4, 0.5) is 20.2 Å². The van der Waals surface area contributed by atoms with Gasteiger partial charge in [-0.05, 0) is 31.2 Å². The van der Waals surface area contributed by atoms with Gasteiger partial charge in [0.25, 0.3) is 5.91 Å². The third-order valence-electron chi connectivity index (χ3n) is 3.74. The molecule has 1 N–H and O–H groups in total. The molecule has 2 rings (SSSR count). The molecule has 0 atom stereocenters. The van der Waals surface area contributed by atoms with E-state index in [9.17, 15) is 13.6 Å². The van der Waals surface area contributed by atoms with Gasteiger partial charge < -0.3 is 19.7 Å². The van der Waals surface area contributed by atoms with E-state index in [4.69, 9.17) is 9.47 Å². The minimum absolute atomic E-state index is 0.0177. The van der Waals surface area contributed by atoms with Crippen LogP contribution in [0.1, 0.15) is 15.9 Å². The van der Waals surface area contributed by atoms with Crippen molar-refractivity contribution in [2.45, 2.75) is 6.92 Å². The largest absolute Gasteiger partial charge is 0.496 e. The molecule has 0 aliphatic heterocycles. The molecule has 0 fully saturated rings. The molecule has 25 heavy (non-hydrogen) atoms. The third kappa shape index (κ3) is 3.81. The maximum atomic E-state index is 14.0. The Morgan fingerprint density at radius 3 is 1.88 bits per heavy atom. The smallest absolute Gasteiger partial charge is 0.255 e. The fourth-order valence-electron chi connectivity index (χ4n) is 2.49. The van der Waals surface area contributed by atoms with Crippen molar-refractivity contribution in [2.24, 2.45) is 0 Å². The fourth-order valence-corrected chi connectivity index (χ4v) is 2.49. The van der Waals surface area contributed by atoms with Gasteiger partial charge in [-0.1, -0.05) is 0 Å². The van der Waals surface area contributed by atoms with Crippen molar-refractivity contribution in [1.29, 1.82) is 0 Å². The summed E-state index contributed by atoms with van der Waals surface area (Å²) in [7, 11) is 6.03. The SMILES string of the molecule is COc1cc(C(=O)Nc2cc(F)c(N(C)C)c(F)c2)cc(OC)c1C. The molecule has 134 valence electrons. The van der Waals surface area contributed by atoms with Gasteiger partial charge in [0.15, 0.2) is 11.6 Å². The Balaban J connectivity index is 2.34. The van der Waals surface area contributed by atoms with Crippen molar-refractivity contribution in [2.75, 3.05) is 38.5 Å². The van der Waals surface area contributed by atoms with E-state index in [2.05, 4.69) is 5.32 Å². The maximum absolute atomic E-state index is 14.0. The predicted molar refractivity (Wildman–Crippen MR) is 92.9 cm³/mol. The highest BCUT2D eigenvalue weighted by Crippen LogP contribution is 2.30. The predicted octanol–water partition coefficient (Wildman–Crippen LogP) is 3.61. The Labute approximate surface area is 145 Å². The van der Waals surface area contributed by atoms with Crippen molar-refractivity contribution in [1.82, 2.24) is 0 Å². The minimum Gasteiger partial charge on any atom is -0.496 e. The van der Waals surface area contributed by atoms with Crippen LogP contribution in [0.15, 0.2) is 24.3 Å². The molecule has 1 amide bonds. The van der Waals surface area contributed by atoms with Gasteiger partial charge in [-0.15, -0.1) is 0 Å². The first-order valence-electron chi connectivity index (χ1n) is 7.48. The number of hydrogen-bond acceptors (Lipinski definition) is 4. The van der Waals surface area contributed by atoms with E-state index < -0.39 is 17.5 Å². The van der Waals surface area contributed by atoms with Crippen molar-refractivity contribution >= 4 is 17.3 Å². The molecular weight excluding hydrogens is 330 g/mol. The monoisotopic (exact) mass is 350 g/mol. The van der Waals surface area contributed by atoms with E-state index in [0.29, 0.717) is 11.5 Å². The molecule has 2 aromatic carbocycles. The van der Waals surface area contributed by atoms with Crippen molar-refractivity contribution in [3.05, 3.63) is 47.0 Å². The number of anilines is 2. The van der Waals surface area contributed by atoms with E-state index in [1.807, 2.05) is 0 Å². The van der Waals surface area contributed by atoms with Crippen LogP contribution in [0.3, 0.4) is 0 Å². The summed E-state index contributed by atoms with van der Waals surface area (Å²) >= 11 is 0. The van der Waals surface area contributed by atoms with Crippen LogP contribution < -0.4 is 19.7 Å². The van der Waals surface area contributed by atoms with Gasteiger partial charge in [0.1, 0.15) is 17.2 Å². The van der Waals surface area contributed by atoms with Gasteiger partial charge in [0, 0.05) is 30.9 Å². The second kappa shape index (κ2) is 7.38. The Hall–Kier alpha value is -2.83. The second-order valence-corrected chi connectivity index (χ2v) is 5.64. The zero-order valence-corrected chi connectivity index (χ0v) is 14.7. The lowest BCUT2D eigenvalue weighted by atomic mass is 10.1. The van der Waals surface area contributed by atoms with Gasteiger partial charge in [-0.2, -0.15) is 0 Å². The number of amides is 1. The molecule has 0 heterocycles. The summed E-state index contributed by atoms with van der Waals surface area (Å²) in [4.78, 5) is 13.8. The first kappa shape index (κ1) is 18.5. The number of benzene rings is 2. The Morgan fingerprint density at radius 2 is 1.48 bits per heavy atom. The zero-order chi connectivity index (χ0) is 18.7. The molecule has 0 bridgehead atoms. The molecule has 2 aromatic rings. The van der Waals surface area contributed by atoms with E-state index in [0.717, 1.165) is 17.7 Å². The van der Waals surface area contributed by atoms with E-state index >= 15 is 0 Å². The average Bonchev–Trinajstić information content (AvgIpc) is 2.53. The van der Waals surface area contributed by atoms with Gasteiger partial charge in [-0.3, -0.25) is 4.79 Å². The number of ether oxygens (including phenoxy) is 2. The lowest BCUT2D eigenvalue weighted by Gasteiger charge is -2.16. The van der Waals surface area contributed by atoms with E-state index in [1.165, 1.54) is 45.3 Å². The number of carbonyl (C=O) groups excluding carboxylic acids is 1. The number of nitrogens with one attached hydrogen (secondary N) is 1. The van der Waals surface area contributed by atoms with E-state index in [-0.39, 0.29) is 16.9 Å². The molecule has 0 saturated heterocycles. The summed E-state index contributed by atoms with van der Waals surface area (Å²) in [5, 5.41) is 2.48. The Morgan fingerprint density at radius 1 is 1.00 bits per heavy atom. The summed E-state index contributed by atoms with van der Waals surface area (Å²) in [6.07, 6.45) is 0. The minimum atomic E-state index is -0.764. The number of nitrogens with zero attached hydrogens (tertiary/aromatic N) is 1. The average molecular weight is 350 g/mol. The highest BCUT2D eigenvalue weighted by Gasteiger charge is 2.17.